The van der Waals surface area contributed by atoms with Crippen LogP contribution in [0, 0.1) is 6.92 Å². The van der Waals surface area contributed by atoms with E-state index in [1.165, 1.54) is 5.56 Å². The zero-order chi connectivity index (χ0) is 12.0. The van der Waals surface area contributed by atoms with Gasteiger partial charge in [0.25, 0.3) is 0 Å². The molecule has 1 N–H and O–H groups in total. The minimum atomic E-state index is 0.928. The van der Waals surface area contributed by atoms with Gasteiger partial charge in [-0.2, -0.15) is 0 Å². The highest BCUT2D eigenvalue weighted by molar-refractivity contribution is 9.11. The SMILES string of the molecule is Cc1cc(Br)cc2[nH]c(-c3ccc(Br)s3)nc12. The molecule has 2 nitrogen and oxygen atoms in total. The summed E-state index contributed by atoms with van der Waals surface area (Å²) in [6, 6.07) is 8.24. The Kier molecular flexibility index (Phi) is 2.84. The minimum Gasteiger partial charge on any atom is -0.337 e. The van der Waals surface area contributed by atoms with Crippen molar-refractivity contribution in [2.75, 3.05) is 0 Å². The van der Waals surface area contributed by atoms with Crippen molar-refractivity contribution in [3.05, 3.63) is 38.1 Å². The summed E-state index contributed by atoms with van der Waals surface area (Å²) in [5.74, 6) is 0.928. The summed E-state index contributed by atoms with van der Waals surface area (Å²) >= 11 is 8.65. The second-order valence-electron chi connectivity index (χ2n) is 3.81. The maximum Gasteiger partial charge on any atom is 0.148 e. The van der Waals surface area contributed by atoms with Crippen molar-refractivity contribution >= 4 is 54.2 Å². The fourth-order valence-corrected chi connectivity index (χ4v) is 3.71. The predicted octanol–water partition coefficient (Wildman–Crippen LogP) is 5.12. The topological polar surface area (TPSA) is 28.7 Å². The maximum absolute atomic E-state index is 4.65. The summed E-state index contributed by atoms with van der Waals surface area (Å²) in [5.41, 5.74) is 3.27. The molecule has 0 saturated carbocycles. The standard InChI is InChI=1S/C12H8Br2N2S/c1-6-4-7(13)5-8-11(6)16-12(15-8)9-2-3-10(14)17-9/h2-5H,1H3,(H,15,16). The number of hydrogen-bond acceptors (Lipinski definition) is 2. The molecule has 0 aliphatic rings. The Bertz CT molecular complexity index is 700. The Balaban J connectivity index is 2.23. The number of benzene rings is 1. The molecule has 86 valence electrons. The van der Waals surface area contributed by atoms with Crippen molar-refractivity contribution in [1.82, 2.24) is 9.97 Å². The first-order valence-electron chi connectivity index (χ1n) is 5.05. The van der Waals surface area contributed by atoms with Crippen LogP contribution in [0.5, 0.6) is 0 Å². The van der Waals surface area contributed by atoms with Crippen LogP contribution in [-0.2, 0) is 0 Å². The molecule has 0 unspecified atom stereocenters. The zero-order valence-electron chi connectivity index (χ0n) is 8.92. The number of aromatic amines is 1. The monoisotopic (exact) mass is 370 g/mol. The third-order valence-electron chi connectivity index (χ3n) is 2.55. The molecule has 3 aromatic rings. The van der Waals surface area contributed by atoms with Gasteiger partial charge in [-0.05, 0) is 52.7 Å². The lowest BCUT2D eigenvalue weighted by atomic mass is 10.2. The number of aryl methyl sites for hydroxylation is 1. The quantitative estimate of drug-likeness (QED) is 0.631. The van der Waals surface area contributed by atoms with Crippen molar-refractivity contribution in [2.24, 2.45) is 0 Å². The van der Waals surface area contributed by atoms with Crippen LogP contribution in [0.15, 0.2) is 32.5 Å². The molecule has 0 saturated heterocycles. The number of imidazole rings is 1. The number of hydrogen-bond donors (Lipinski definition) is 1. The molecule has 0 aliphatic carbocycles. The van der Waals surface area contributed by atoms with Gasteiger partial charge in [-0.15, -0.1) is 11.3 Å². The van der Waals surface area contributed by atoms with Gasteiger partial charge in [0.2, 0.25) is 0 Å². The van der Waals surface area contributed by atoms with Crippen LogP contribution < -0.4 is 0 Å². The van der Waals surface area contributed by atoms with Crippen LogP contribution >= 0.6 is 43.2 Å². The van der Waals surface area contributed by atoms with Gasteiger partial charge in [0.05, 0.1) is 19.7 Å². The molecule has 2 aromatic heterocycles. The van der Waals surface area contributed by atoms with Gasteiger partial charge in [0.1, 0.15) is 5.82 Å². The number of halogens is 2. The van der Waals surface area contributed by atoms with Gasteiger partial charge in [0.15, 0.2) is 0 Å². The lowest BCUT2D eigenvalue weighted by molar-refractivity contribution is 1.35. The lowest BCUT2D eigenvalue weighted by Crippen LogP contribution is -1.76. The molecule has 5 heteroatoms. The average Bonchev–Trinajstić information content (AvgIpc) is 2.83. The highest BCUT2D eigenvalue weighted by atomic mass is 79.9. The first-order chi connectivity index (χ1) is 8.13. The molecule has 0 atom stereocenters. The van der Waals surface area contributed by atoms with Gasteiger partial charge < -0.3 is 4.98 Å². The van der Waals surface area contributed by atoms with Crippen LogP contribution in [0.4, 0.5) is 0 Å². The normalized spacial score (nSPS) is 11.2. The van der Waals surface area contributed by atoms with E-state index in [9.17, 15) is 0 Å². The number of fused-ring (bicyclic) bond motifs is 1. The fraction of sp³-hybridized carbons (Fsp3) is 0.0833. The molecular weight excluding hydrogens is 364 g/mol. The van der Waals surface area contributed by atoms with E-state index in [1.807, 2.05) is 6.07 Å². The minimum absolute atomic E-state index is 0.928. The van der Waals surface area contributed by atoms with Crippen LogP contribution in [0.1, 0.15) is 5.56 Å². The summed E-state index contributed by atoms with van der Waals surface area (Å²) < 4.78 is 2.19. The summed E-state index contributed by atoms with van der Waals surface area (Å²) in [6.45, 7) is 2.07. The van der Waals surface area contributed by atoms with Crippen LogP contribution in [-0.4, -0.2) is 9.97 Å². The van der Waals surface area contributed by atoms with Crippen molar-refractivity contribution in [1.29, 1.82) is 0 Å². The molecule has 0 amide bonds. The van der Waals surface area contributed by atoms with Crippen molar-refractivity contribution in [2.45, 2.75) is 6.92 Å². The first kappa shape index (κ1) is 11.4. The van der Waals surface area contributed by atoms with Crippen molar-refractivity contribution in [3.8, 4) is 10.7 Å². The van der Waals surface area contributed by atoms with Gasteiger partial charge >= 0.3 is 0 Å². The number of H-pyrrole nitrogens is 1. The van der Waals surface area contributed by atoms with Gasteiger partial charge in [-0.1, -0.05) is 15.9 Å². The second-order valence-corrected chi connectivity index (χ2v) is 7.19. The Morgan fingerprint density at radius 3 is 2.76 bits per heavy atom. The number of nitrogens with one attached hydrogen (secondary N) is 1. The van der Waals surface area contributed by atoms with E-state index in [0.717, 1.165) is 30.0 Å². The predicted molar refractivity (Wildman–Crippen MR) is 79.5 cm³/mol. The molecule has 0 radical (unpaired) electrons. The Labute approximate surface area is 119 Å². The molecule has 1 aromatic carbocycles. The van der Waals surface area contributed by atoms with Crippen molar-refractivity contribution < 1.29 is 0 Å². The summed E-state index contributed by atoms with van der Waals surface area (Å²) in [5, 5.41) is 0. The highest BCUT2D eigenvalue weighted by Gasteiger charge is 2.09. The van der Waals surface area contributed by atoms with E-state index in [2.05, 4.69) is 67.0 Å². The molecule has 17 heavy (non-hydrogen) atoms. The van der Waals surface area contributed by atoms with Crippen molar-refractivity contribution in [3.63, 3.8) is 0 Å². The number of aromatic nitrogens is 2. The summed E-state index contributed by atoms with van der Waals surface area (Å²) in [7, 11) is 0. The average molecular weight is 372 g/mol. The third kappa shape index (κ3) is 2.07. The molecule has 0 fully saturated rings. The Morgan fingerprint density at radius 1 is 1.24 bits per heavy atom. The number of nitrogens with zero attached hydrogens (tertiary/aromatic N) is 1. The lowest BCUT2D eigenvalue weighted by Gasteiger charge is -1.94. The highest BCUT2D eigenvalue weighted by Crippen LogP contribution is 2.32. The van der Waals surface area contributed by atoms with Crippen LogP contribution in [0.3, 0.4) is 0 Å². The zero-order valence-corrected chi connectivity index (χ0v) is 12.9. The summed E-state index contributed by atoms with van der Waals surface area (Å²) in [4.78, 5) is 9.15. The van der Waals surface area contributed by atoms with E-state index in [4.69, 9.17) is 0 Å². The second kappa shape index (κ2) is 4.23. The van der Waals surface area contributed by atoms with Gasteiger partial charge in [0, 0.05) is 4.47 Å². The molecule has 2 heterocycles. The van der Waals surface area contributed by atoms with E-state index < -0.39 is 0 Å². The van der Waals surface area contributed by atoms with E-state index in [-0.39, 0.29) is 0 Å². The molecule has 3 rings (SSSR count). The van der Waals surface area contributed by atoms with Gasteiger partial charge in [-0.25, -0.2) is 4.98 Å². The van der Waals surface area contributed by atoms with Gasteiger partial charge in [-0.3, -0.25) is 0 Å². The fourth-order valence-electron chi connectivity index (χ4n) is 1.80. The van der Waals surface area contributed by atoms with Crippen LogP contribution in [0.25, 0.3) is 21.7 Å². The number of rotatable bonds is 1. The van der Waals surface area contributed by atoms with E-state index in [1.54, 1.807) is 11.3 Å². The third-order valence-corrected chi connectivity index (χ3v) is 4.64. The smallest absolute Gasteiger partial charge is 0.148 e. The Morgan fingerprint density at radius 2 is 2.06 bits per heavy atom. The Hall–Kier alpha value is -0.650. The van der Waals surface area contributed by atoms with Crippen LogP contribution in [0.2, 0.25) is 0 Å². The number of thiophene rings is 1. The maximum atomic E-state index is 4.65. The van der Waals surface area contributed by atoms with E-state index in [0.29, 0.717) is 0 Å². The first-order valence-corrected chi connectivity index (χ1v) is 7.45. The molecule has 0 spiro atoms. The molecule has 0 bridgehead atoms. The largest absolute Gasteiger partial charge is 0.337 e. The van der Waals surface area contributed by atoms with E-state index >= 15 is 0 Å². The molecular formula is C12H8Br2N2S. The summed E-state index contributed by atoms with van der Waals surface area (Å²) in [6.07, 6.45) is 0. The molecule has 0 aliphatic heterocycles.